The van der Waals surface area contributed by atoms with Crippen molar-refractivity contribution in [3.63, 3.8) is 0 Å². The summed E-state index contributed by atoms with van der Waals surface area (Å²) in [5.74, 6) is 1.33. The van der Waals surface area contributed by atoms with Crippen molar-refractivity contribution in [3.05, 3.63) is 32.5 Å². The molecule has 0 atom stereocenters. The molecule has 0 radical (unpaired) electrons. The number of hydrogen-bond donors (Lipinski definition) is 1. The van der Waals surface area contributed by atoms with E-state index in [1.165, 1.54) is 0 Å². The van der Waals surface area contributed by atoms with Gasteiger partial charge in [-0.05, 0) is 52.3 Å². The van der Waals surface area contributed by atoms with Gasteiger partial charge in [-0.2, -0.15) is 5.10 Å². The van der Waals surface area contributed by atoms with E-state index in [9.17, 15) is 0 Å². The molecule has 2 aromatic rings. The second-order valence-electron chi connectivity index (χ2n) is 4.48. The lowest BCUT2D eigenvalue weighted by molar-refractivity contribution is 0.521. The molecule has 3 nitrogen and oxygen atoms in total. The molecule has 0 saturated heterocycles. The third-order valence-corrected chi connectivity index (χ3v) is 3.68. The van der Waals surface area contributed by atoms with Gasteiger partial charge in [-0.3, -0.25) is 9.67 Å². The van der Waals surface area contributed by atoms with Crippen LogP contribution in [-0.2, 0) is 6.54 Å². The fraction of sp³-hybridized carbons (Fsp3) is 0.333. The summed E-state index contributed by atoms with van der Waals surface area (Å²) in [6, 6.07) is 5.64. The molecule has 1 N–H and O–H groups in total. The highest BCUT2D eigenvalue weighted by molar-refractivity contribution is 9.10. The summed E-state index contributed by atoms with van der Waals surface area (Å²) in [4.78, 5) is 0. The van der Waals surface area contributed by atoms with Gasteiger partial charge in [0, 0.05) is 21.6 Å². The first-order valence-corrected chi connectivity index (χ1v) is 7.17. The maximum atomic E-state index is 5.95. The number of rotatable bonds is 3. The number of nitrogens with one attached hydrogen (secondary N) is 1. The molecule has 0 fully saturated rings. The van der Waals surface area contributed by atoms with Crippen molar-refractivity contribution >= 4 is 39.7 Å². The van der Waals surface area contributed by atoms with Crippen LogP contribution in [0.5, 0.6) is 0 Å². The summed E-state index contributed by atoms with van der Waals surface area (Å²) in [6.45, 7) is 5.13. The summed E-state index contributed by atoms with van der Waals surface area (Å²) in [5, 5.41) is 7.84. The minimum Gasteiger partial charge on any atom is -0.300 e. The molecule has 0 aliphatic rings. The smallest absolute Gasteiger partial charge is 0.195 e. The lowest BCUT2D eigenvalue weighted by Crippen LogP contribution is -2.06. The Morgan fingerprint density at radius 1 is 1.50 bits per heavy atom. The second-order valence-corrected chi connectivity index (χ2v) is 6.16. The van der Waals surface area contributed by atoms with Crippen LogP contribution in [0.3, 0.4) is 0 Å². The van der Waals surface area contributed by atoms with Crippen molar-refractivity contribution in [1.82, 2.24) is 14.8 Å². The predicted octanol–water partition coefficient (Wildman–Crippen LogP) is 4.68. The minimum atomic E-state index is 0.499. The largest absolute Gasteiger partial charge is 0.300 e. The van der Waals surface area contributed by atoms with Gasteiger partial charge in [0.15, 0.2) is 10.6 Å². The number of halogens is 2. The molecule has 6 heteroatoms. The zero-order chi connectivity index (χ0) is 13.3. The first-order valence-electron chi connectivity index (χ1n) is 5.59. The van der Waals surface area contributed by atoms with Crippen LogP contribution >= 0.6 is 39.7 Å². The fourth-order valence-corrected chi connectivity index (χ4v) is 2.80. The van der Waals surface area contributed by atoms with Crippen LogP contribution in [0.4, 0.5) is 0 Å². The lowest BCUT2D eigenvalue weighted by atomic mass is 10.2. The molecule has 1 aromatic heterocycles. The summed E-state index contributed by atoms with van der Waals surface area (Å²) in [5.41, 5.74) is 0.979. The van der Waals surface area contributed by atoms with E-state index in [-0.39, 0.29) is 0 Å². The highest BCUT2D eigenvalue weighted by Crippen LogP contribution is 2.29. The van der Waals surface area contributed by atoms with Gasteiger partial charge in [-0.1, -0.05) is 25.4 Å². The predicted molar refractivity (Wildman–Crippen MR) is 80.4 cm³/mol. The van der Waals surface area contributed by atoms with Crippen LogP contribution in [-0.4, -0.2) is 14.8 Å². The number of hydrogen-bond acceptors (Lipinski definition) is 2. The van der Waals surface area contributed by atoms with E-state index >= 15 is 0 Å². The van der Waals surface area contributed by atoms with Gasteiger partial charge in [0.2, 0.25) is 0 Å². The topological polar surface area (TPSA) is 33.6 Å². The molecule has 0 bridgehead atoms. The second kappa shape index (κ2) is 5.55. The molecule has 1 heterocycles. The van der Waals surface area contributed by atoms with Crippen LogP contribution in [0.2, 0.25) is 5.02 Å². The maximum Gasteiger partial charge on any atom is 0.195 e. The molecular weight excluding hydrogens is 334 g/mol. The highest BCUT2D eigenvalue weighted by atomic mass is 79.9. The van der Waals surface area contributed by atoms with E-state index in [1.807, 2.05) is 22.8 Å². The molecule has 2 rings (SSSR count). The van der Waals surface area contributed by atoms with Crippen molar-refractivity contribution in [2.45, 2.75) is 20.4 Å². The normalized spacial score (nSPS) is 11.2. The van der Waals surface area contributed by atoms with E-state index < -0.39 is 0 Å². The van der Waals surface area contributed by atoms with Gasteiger partial charge in [-0.15, -0.1) is 0 Å². The minimum absolute atomic E-state index is 0.499. The highest BCUT2D eigenvalue weighted by Gasteiger charge is 2.13. The molecule has 96 valence electrons. The van der Waals surface area contributed by atoms with Crippen LogP contribution in [0.15, 0.2) is 22.7 Å². The Morgan fingerprint density at radius 2 is 2.22 bits per heavy atom. The van der Waals surface area contributed by atoms with Gasteiger partial charge in [0.25, 0.3) is 0 Å². The Kier molecular flexibility index (Phi) is 4.25. The van der Waals surface area contributed by atoms with Gasteiger partial charge in [0.1, 0.15) is 0 Å². The van der Waals surface area contributed by atoms with Crippen molar-refractivity contribution in [1.29, 1.82) is 0 Å². The molecule has 0 aliphatic heterocycles. The van der Waals surface area contributed by atoms with Crippen LogP contribution in [0.25, 0.3) is 11.4 Å². The number of aromatic nitrogens is 3. The molecule has 0 aliphatic carbocycles. The number of H-pyrrole nitrogens is 1. The Balaban J connectivity index is 2.54. The van der Waals surface area contributed by atoms with Crippen LogP contribution in [0.1, 0.15) is 13.8 Å². The average Bonchev–Trinajstić information content (AvgIpc) is 2.60. The van der Waals surface area contributed by atoms with Gasteiger partial charge >= 0.3 is 0 Å². The van der Waals surface area contributed by atoms with Crippen molar-refractivity contribution in [2.24, 2.45) is 5.92 Å². The quantitative estimate of drug-likeness (QED) is 0.819. The Bertz CT molecular complexity index is 618. The molecule has 0 saturated carbocycles. The van der Waals surface area contributed by atoms with E-state index in [2.05, 4.69) is 40.0 Å². The Morgan fingerprint density at radius 3 is 2.83 bits per heavy atom. The molecule has 1 aromatic carbocycles. The maximum absolute atomic E-state index is 5.95. The average molecular weight is 347 g/mol. The van der Waals surface area contributed by atoms with E-state index in [4.69, 9.17) is 23.8 Å². The van der Waals surface area contributed by atoms with Crippen molar-refractivity contribution < 1.29 is 0 Å². The summed E-state index contributed by atoms with van der Waals surface area (Å²) < 4.78 is 3.56. The Hall–Kier alpha value is -0.650. The number of nitrogens with zero attached hydrogens (tertiary/aromatic N) is 2. The van der Waals surface area contributed by atoms with Crippen molar-refractivity contribution in [3.8, 4) is 11.4 Å². The third kappa shape index (κ3) is 2.84. The summed E-state index contributed by atoms with van der Waals surface area (Å²) >= 11 is 14.7. The van der Waals surface area contributed by atoms with Gasteiger partial charge < -0.3 is 0 Å². The molecule has 0 unspecified atom stereocenters. The van der Waals surface area contributed by atoms with Crippen LogP contribution < -0.4 is 0 Å². The number of benzene rings is 1. The molecule has 18 heavy (non-hydrogen) atoms. The SMILES string of the molecule is CC(C)Cn1c(-c2ccc(Cl)cc2Br)n[nH]c1=S. The zero-order valence-electron chi connectivity index (χ0n) is 10.1. The summed E-state index contributed by atoms with van der Waals surface area (Å²) in [6.07, 6.45) is 0. The monoisotopic (exact) mass is 345 g/mol. The standard InChI is InChI=1S/C12H13BrClN3S/c1-7(2)6-17-11(15-16-12(17)18)9-4-3-8(14)5-10(9)13/h3-5,7H,6H2,1-2H3,(H,16,18). The first kappa shape index (κ1) is 13.8. The molecule has 0 amide bonds. The lowest BCUT2D eigenvalue weighted by Gasteiger charge is -2.10. The van der Waals surface area contributed by atoms with E-state index in [1.54, 1.807) is 0 Å². The number of aromatic amines is 1. The zero-order valence-corrected chi connectivity index (χ0v) is 13.2. The van der Waals surface area contributed by atoms with E-state index in [0.717, 1.165) is 22.4 Å². The summed E-state index contributed by atoms with van der Waals surface area (Å²) in [7, 11) is 0. The Labute approximate surface area is 124 Å². The van der Waals surface area contributed by atoms with Crippen LogP contribution in [0, 0.1) is 10.7 Å². The van der Waals surface area contributed by atoms with Gasteiger partial charge in [0.05, 0.1) is 0 Å². The van der Waals surface area contributed by atoms with Gasteiger partial charge in [-0.25, -0.2) is 0 Å². The third-order valence-electron chi connectivity index (χ3n) is 2.48. The molecule has 0 spiro atoms. The molecular formula is C12H13BrClN3S. The fourth-order valence-electron chi connectivity index (χ4n) is 1.73. The first-order chi connectivity index (χ1) is 8.49. The van der Waals surface area contributed by atoms with Crippen molar-refractivity contribution in [2.75, 3.05) is 0 Å². The van der Waals surface area contributed by atoms with E-state index in [0.29, 0.717) is 15.7 Å².